The summed E-state index contributed by atoms with van der Waals surface area (Å²) in [4.78, 5) is 53.3. The SMILES string of the molecule is CNC(=O)C1CCC(Cn2c(=O)c3sccc3n(CC(=O)N3CCCC[C@@H]3C)c2=O)CC1. The minimum atomic E-state index is -0.410. The van der Waals surface area contributed by atoms with Gasteiger partial charge in [0.15, 0.2) is 0 Å². The number of carbonyl (C=O) groups excluding carboxylic acids is 2. The van der Waals surface area contributed by atoms with E-state index in [-0.39, 0.29) is 41.8 Å². The number of fused-ring (bicyclic) bond motifs is 1. The van der Waals surface area contributed by atoms with Crippen molar-refractivity contribution in [2.75, 3.05) is 13.6 Å². The van der Waals surface area contributed by atoms with Gasteiger partial charge in [0, 0.05) is 32.1 Å². The lowest BCUT2D eigenvalue weighted by molar-refractivity contribution is -0.135. The van der Waals surface area contributed by atoms with Gasteiger partial charge >= 0.3 is 5.69 Å². The van der Waals surface area contributed by atoms with Gasteiger partial charge in [-0.2, -0.15) is 0 Å². The number of hydrogen-bond acceptors (Lipinski definition) is 5. The van der Waals surface area contributed by atoms with Gasteiger partial charge in [-0.05, 0) is 69.2 Å². The van der Waals surface area contributed by atoms with Crippen molar-refractivity contribution >= 4 is 33.4 Å². The summed E-state index contributed by atoms with van der Waals surface area (Å²) in [5.74, 6) is 0.176. The summed E-state index contributed by atoms with van der Waals surface area (Å²) in [6, 6.07) is 1.93. The van der Waals surface area contributed by atoms with E-state index in [1.54, 1.807) is 18.5 Å². The fraction of sp³-hybridized carbons (Fsp3) is 0.652. The minimum absolute atomic E-state index is 0.00793. The Morgan fingerprint density at radius 2 is 1.84 bits per heavy atom. The van der Waals surface area contributed by atoms with E-state index in [4.69, 9.17) is 0 Å². The zero-order chi connectivity index (χ0) is 22.8. The van der Waals surface area contributed by atoms with Gasteiger partial charge in [0.25, 0.3) is 5.56 Å². The first-order valence-electron chi connectivity index (χ1n) is 11.6. The van der Waals surface area contributed by atoms with Gasteiger partial charge in [0.05, 0.1) is 5.52 Å². The predicted octanol–water partition coefficient (Wildman–Crippen LogP) is 2.18. The molecule has 8 nitrogen and oxygen atoms in total. The molecule has 0 aromatic carbocycles. The topological polar surface area (TPSA) is 93.4 Å². The van der Waals surface area contributed by atoms with Crippen molar-refractivity contribution < 1.29 is 9.59 Å². The molecule has 1 aliphatic heterocycles. The number of nitrogens with one attached hydrogen (secondary N) is 1. The third-order valence-corrected chi connectivity index (χ3v) is 8.05. The Morgan fingerprint density at radius 1 is 1.09 bits per heavy atom. The molecule has 0 unspecified atom stereocenters. The van der Waals surface area contributed by atoms with Crippen molar-refractivity contribution in [3.63, 3.8) is 0 Å². The largest absolute Gasteiger partial charge is 0.359 e. The zero-order valence-corrected chi connectivity index (χ0v) is 19.7. The summed E-state index contributed by atoms with van der Waals surface area (Å²) in [7, 11) is 1.65. The molecule has 1 aliphatic carbocycles. The monoisotopic (exact) mass is 460 g/mol. The summed E-state index contributed by atoms with van der Waals surface area (Å²) in [5, 5.41) is 4.51. The van der Waals surface area contributed by atoms with E-state index in [0.29, 0.717) is 16.8 Å². The van der Waals surface area contributed by atoms with Crippen LogP contribution >= 0.6 is 11.3 Å². The number of rotatable bonds is 5. The van der Waals surface area contributed by atoms with Crippen LogP contribution in [0.4, 0.5) is 0 Å². The minimum Gasteiger partial charge on any atom is -0.359 e. The first-order chi connectivity index (χ1) is 15.4. The van der Waals surface area contributed by atoms with Crippen molar-refractivity contribution in [2.45, 2.75) is 71.0 Å². The molecule has 0 bridgehead atoms. The molecule has 3 heterocycles. The van der Waals surface area contributed by atoms with Crippen molar-refractivity contribution in [3.05, 3.63) is 32.3 Å². The smallest absolute Gasteiger partial charge is 0.332 e. The molecular weight excluding hydrogens is 428 g/mol. The van der Waals surface area contributed by atoms with E-state index in [9.17, 15) is 19.2 Å². The summed E-state index contributed by atoms with van der Waals surface area (Å²) in [6.45, 7) is 3.06. The highest BCUT2D eigenvalue weighted by Gasteiger charge is 2.28. The van der Waals surface area contributed by atoms with Crippen LogP contribution in [0.15, 0.2) is 21.0 Å². The highest BCUT2D eigenvalue weighted by molar-refractivity contribution is 7.17. The maximum absolute atomic E-state index is 13.4. The molecule has 0 spiro atoms. The maximum atomic E-state index is 13.4. The van der Waals surface area contributed by atoms with Crippen LogP contribution in [0.25, 0.3) is 10.2 Å². The Labute approximate surface area is 191 Å². The van der Waals surface area contributed by atoms with Crippen LogP contribution in [-0.4, -0.2) is 45.5 Å². The second-order valence-corrected chi connectivity index (χ2v) is 10.1. The van der Waals surface area contributed by atoms with Gasteiger partial charge in [-0.25, -0.2) is 4.79 Å². The number of hydrogen-bond donors (Lipinski definition) is 1. The first-order valence-corrected chi connectivity index (χ1v) is 12.5. The van der Waals surface area contributed by atoms with Crippen molar-refractivity contribution in [1.82, 2.24) is 19.4 Å². The summed E-state index contributed by atoms with van der Waals surface area (Å²) in [6.07, 6.45) is 6.21. The van der Waals surface area contributed by atoms with Gasteiger partial charge in [0.2, 0.25) is 11.8 Å². The van der Waals surface area contributed by atoms with Crippen molar-refractivity contribution in [1.29, 1.82) is 0 Å². The second kappa shape index (κ2) is 9.60. The van der Waals surface area contributed by atoms with Crippen molar-refractivity contribution in [3.8, 4) is 0 Å². The number of carbonyl (C=O) groups is 2. The average Bonchev–Trinajstić information content (AvgIpc) is 3.29. The molecule has 174 valence electrons. The molecule has 1 saturated heterocycles. The number of nitrogens with zero attached hydrogens (tertiary/aromatic N) is 3. The van der Waals surface area contributed by atoms with Gasteiger partial charge in [-0.15, -0.1) is 11.3 Å². The lowest BCUT2D eigenvalue weighted by Gasteiger charge is -2.33. The molecule has 32 heavy (non-hydrogen) atoms. The van der Waals surface area contributed by atoms with E-state index in [1.165, 1.54) is 20.5 Å². The molecule has 2 aromatic heterocycles. The lowest BCUT2D eigenvalue weighted by Crippen LogP contribution is -2.47. The Hall–Kier alpha value is -2.42. The van der Waals surface area contributed by atoms with E-state index in [1.807, 2.05) is 4.90 Å². The van der Waals surface area contributed by atoms with E-state index < -0.39 is 5.69 Å². The van der Waals surface area contributed by atoms with Gasteiger partial charge in [-0.1, -0.05) is 0 Å². The van der Waals surface area contributed by atoms with Crippen LogP contribution in [-0.2, 0) is 22.7 Å². The number of piperidine rings is 1. The van der Waals surface area contributed by atoms with Crippen LogP contribution < -0.4 is 16.6 Å². The third kappa shape index (κ3) is 4.40. The Morgan fingerprint density at radius 3 is 2.53 bits per heavy atom. The van der Waals surface area contributed by atoms with Crippen molar-refractivity contribution in [2.24, 2.45) is 11.8 Å². The van der Waals surface area contributed by atoms with Crippen LogP contribution in [0.5, 0.6) is 0 Å². The average molecular weight is 461 g/mol. The molecule has 2 aromatic rings. The third-order valence-electron chi connectivity index (χ3n) is 7.16. The molecule has 1 atom stereocenters. The molecule has 9 heteroatoms. The predicted molar refractivity (Wildman–Crippen MR) is 125 cm³/mol. The summed E-state index contributed by atoms with van der Waals surface area (Å²) >= 11 is 1.31. The van der Waals surface area contributed by atoms with E-state index in [2.05, 4.69) is 12.2 Å². The van der Waals surface area contributed by atoms with E-state index in [0.717, 1.165) is 51.5 Å². The van der Waals surface area contributed by atoms with Gasteiger partial charge in [-0.3, -0.25) is 23.5 Å². The van der Waals surface area contributed by atoms with Crippen LogP contribution in [0.3, 0.4) is 0 Å². The lowest BCUT2D eigenvalue weighted by atomic mass is 9.81. The molecule has 2 aliphatic rings. The Kier molecular flexibility index (Phi) is 6.83. The number of likely N-dealkylation sites (tertiary alicyclic amines) is 1. The highest BCUT2D eigenvalue weighted by atomic mass is 32.1. The number of thiophene rings is 1. The normalized spacial score (nSPS) is 23.9. The molecular formula is C23H32N4O4S. The fourth-order valence-corrected chi connectivity index (χ4v) is 6.05. The fourth-order valence-electron chi connectivity index (χ4n) is 5.21. The summed E-state index contributed by atoms with van der Waals surface area (Å²) in [5.41, 5.74) is -0.140. The maximum Gasteiger partial charge on any atom is 0.332 e. The number of amides is 2. The van der Waals surface area contributed by atoms with Crippen LogP contribution in [0.2, 0.25) is 0 Å². The first kappa shape index (κ1) is 22.8. The summed E-state index contributed by atoms with van der Waals surface area (Å²) < 4.78 is 3.31. The Bertz CT molecular complexity index is 1110. The zero-order valence-electron chi connectivity index (χ0n) is 18.8. The van der Waals surface area contributed by atoms with Crippen LogP contribution in [0.1, 0.15) is 51.9 Å². The molecule has 1 N–H and O–H groups in total. The number of aromatic nitrogens is 2. The Balaban J connectivity index is 1.59. The molecule has 2 amide bonds. The molecule has 4 rings (SSSR count). The van der Waals surface area contributed by atoms with Gasteiger partial charge in [0.1, 0.15) is 11.2 Å². The highest BCUT2D eigenvalue weighted by Crippen LogP contribution is 2.29. The molecule has 0 radical (unpaired) electrons. The second-order valence-electron chi connectivity index (χ2n) is 9.18. The molecule has 1 saturated carbocycles. The van der Waals surface area contributed by atoms with Gasteiger partial charge < -0.3 is 10.2 Å². The molecule has 2 fully saturated rings. The standard InChI is InChI=1S/C23H32N4O4S/c1-15-5-3-4-11-25(15)19(28)14-26-18-10-12-32-20(18)22(30)27(23(26)31)13-16-6-8-17(9-7-16)21(29)24-2/h10,12,15-17H,3-9,11,13-14H2,1-2H3,(H,24,29)/t15-,16?,17?/m0/s1. The van der Waals surface area contributed by atoms with E-state index >= 15 is 0 Å². The quantitative estimate of drug-likeness (QED) is 0.740. The van der Waals surface area contributed by atoms with Crippen LogP contribution in [0, 0.1) is 11.8 Å².